The summed E-state index contributed by atoms with van der Waals surface area (Å²) in [6.07, 6.45) is 4.01. The van der Waals surface area contributed by atoms with Crippen LogP contribution in [-0.4, -0.2) is 35.1 Å². The second-order valence-corrected chi connectivity index (χ2v) is 7.44. The molecule has 1 aliphatic heterocycles. The lowest BCUT2D eigenvalue weighted by Gasteiger charge is -2.34. The van der Waals surface area contributed by atoms with Crippen LogP contribution in [0.1, 0.15) is 47.2 Å². The summed E-state index contributed by atoms with van der Waals surface area (Å²) >= 11 is 0. The molecule has 0 spiro atoms. The van der Waals surface area contributed by atoms with Crippen molar-refractivity contribution >= 4 is 30.7 Å². The summed E-state index contributed by atoms with van der Waals surface area (Å²) < 4.78 is 2.16. The van der Waals surface area contributed by atoms with E-state index in [1.807, 2.05) is 38.1 Å². The van der Waals surface area contributed by atoms with Crippen molar-refractivity contribution in [2.75, 3.05) is 19.6 Å². The van der Waals surface area contributed by atoms with Crippen molar-refractivity contribution in [2.45, 2.75) is 40.2 Å². The van der Waals surface area contributed by atoms with E-state index >= 15 is 0 Å². The predicted octanol–water partition coefficient (Wildman–Crippen LogP) is 3.51. The summed E-state index contributed by atoms with van der Waals surface area (Å²) in [5.41, 5.74) is 4.04. The molecule has 150 valence electrons. The number of nitrogens with one attached hydrogen (secondary N) is 2. The van der Waals surface area contributed by atoms with Gasteiger partial charge in [0.05, 0.1) is 17.8 Å². The van der Waals surface area contributed by atoms with Crippen molar-refractivity contribution < 1.29 is 4.79 Å². The number of carbonyl (C=O) groups excluding carboxylic acids is 1. The van der Waals surface area contributed by atoms with Gasteiger partial charge in [0.2, 0.25) is 0 Å². The monoisotopic (exact) mass is 412 g/mol. The number of hydrogen-bond donors (Lipinski definition) is 2. The van der Waals surface area contributed by atoms with E-state index in [0.717, 1.165) is 55.1 Å². The lowest BCUT2D eigenvalue weighted by atomic mass is 9.81. The maximum atomic E-state index is 12.7. The third kappa shape index (κ3) is 5.71. The Morgan fingerprint density at radius 1 is 1.26 bits per heavy atom. The molecule has 0 aromatic carbocycles. The maximum absolute atomic E-state index is 12.7. The molecular weight excluding hydrogens is 383 g/mol. The number of nitrogens with zero attached hydrogens (tertiary/aromatic N) is 2. The molecule has 1 fully saturated rings. The van der Waals surface area contributed by atoms with E-state index in [9.17, 15) is 4.79 Å². The zero-order valence-electron chi connectivity index (χ0n) is 16.2. The number of aryl methyl sites for hydroxylation is 1. The van der Waals surface area contributed by atoms with Crippen LogP contribution in [0, 0.1) is 19.3 Å². The van der Waals surface area contributed by atoms with E-state index in [0.29, 0.717) is 6.54 Å². The summed E-state index contributed by atoms with van der Waals surface area (Å²) in [5.74, 6) is 0.0279. The van der Waals surface area contributed by atoms with Crippen molar-refractivity contribution in [1.82, 2.24) is 20.2 Å². The van der Waals surface area contributed by atoms with Gasteiger partial charge in [0.15, 0.2) is 0 Å². The van der Waals surface area contributed by atoms with Crippen molar-refractivity contribution in [3.05, 3.63) is 53.1 Å². The Kier molecular flexibility index (Phi) is 8.79. The molecule has 0 bridgehead atoms. The minimum atomic E-state index is 0. The highest BCUT2D eigenvalue weighted by atomic mass is 35.5. The Balaban J connectivity index is 0.00000182. The molecule has 3 rings (SSSR count). The summed E-state index contributed by atoms with van der Waals surface area (Å²) in [5, 5.41) is 6.54. The van der Waals surface area contributed by atoms with Gasteiger partial charge in [-0.2, -0.15) is 0 Å². The Morgan fingerprint density at radius 2 is 1.96 bits per heavy atom. The Labute approximate surface area is 174 Å². The van der Waals surface area contributed by atoms with Crippen LogP contribution in [0.4, 0.5) is 0 Å². The number of aromatic nitrogens is 2. The SMILES string of the molecule is Cc1cc(C(=O)NCC2(C)CCNCC2)c(C)n1Cc1ccccn1.Cl.Cl. The molecule has 0 atom stereocenters. The van der Waals surface area contributed by atoms with Crippen LogP contribution in [0.3, 0.4) is 0 Å². The van der Waals surface area contributed by atoms with Gasteiger partial charge in [-0.1, -0.05) is 13.0 Å². The first-order valence-electron chi connectivity index (χ1n) is 9.04. The number of rotatable bonds is 5. The van der Waals surface area contributed by atoms with Crippen LogP contribution in [0.15, 0.2) is 30.5 Å². The highest BCUT2D eigenvalue weighted by molar-refractivity contribution is 5.95. The quantitative estimate of drug-likeness (QED) is 0.789. The summed E-state index contributed by atoms with van der Waals surface area (Å²) in [4.78, 5) is 17.1. The fourth-order valence-electron chi connectivity index (χ4n) is 3.52. The summed E-state index contributed by atoms with van der Waals surface area (Å²) in [6, 6.07) is 7.90. The standard InChI is InChI=1S/C20H28N4O.2ClH/c1-15-12-18(16(2)24(15)13-17-6-4-5-9-22-17)19(25)23-14-20(3)7-10-21-11-8-20;;/h4-6,9,12,21H,7-8,10-11,13-14H2,1-3H3,(H,23,25);2*1H. The molecule has 3 heterocycles. The second-order valence-electron chi connectivity index (χ2n) is 7.44. The number of carbonyl (C=O) groups is 1. The first-order valence-corrected chi connectivity index (χ1v) is 9.04. The van der Waals surface area contributed by atoms with Gasteiger partial charge in [0, 0.05) is 24.1 Å². The van der Waals surface area contributed by atoms with Gasteiger partial charge in [-0.05, 0) is 63.4 Å². The smallest absolute Gasteiger partial charge is 0.253 e. The van der Waals surface area contributed by atoms with Crippen molar-refractivity contribution in [3.63, 3.8) is 0 Å². The summed E-state index contributed by atoms with van der Waals surface area (Å²) in [7, 11) is 0. The van der Waals surface area contributed by atoms with Gasteiger partial charge in [-0.15, -0.1) is 24.8 Å². The van der Waals surface area contributed by atoms with Gasteiger partial charge < -0.3 is 15.2 Å². The lowest BCUT2D eigenvalue weighted by molar-refractivity contribution is 0.0921. The third-order valence-electron chi connectivity index (χ3n) is 5.35. The minimum Gasteiger partial charge on any atom is -0.351 e. The molecule has 5 nitrogen and oxygen atoms in total. The van der Waals surface area contributed by atoms with E-state index in [-0.39, 0.29) is 36.1 Å². The molecule has 0 radical (unpaired) electrons. The molecule has 2 aromatic heterocycles. The molecule has 1 aliphatic rings. The zero-order valence-corrected chi connectivity index (χ0v) is 17.9. The van der Waals surface area contributed by atoms with Crippen LogP contribution >= 0.6 is 24.8 Å². The Hall–Kier alpha value is -1.56. The molecule has 2 aromatic rings. The minimum absolute atomic E-state index is 0. The Morgan fingerprint density at radius 3 is 2.59 bits per heavy atom. The average molecular weight is 413 g/mol. The molecule has 7 heteroatoms. The van der Waals surface area contributed by atoms with Crippen LogP contribution in [0.2, 0.25) is 0 Å². The number of pyridine rings is 1. The molecule has 0 saturated carbocycles. The fraction of sp³-hybridized carbons (Fsp3) is 0.500. The van der Waals surface area contributed by atoms with Gasteiger partial charge in [0.1, 0.15) is 0 Å². The topological polar surface area (TPSA) is 59.0 Å². The van der Waals surface area contributed by atoms with Gasteiger partial charge in [-0.3, -0.25) is 9.78 Å². The van der Waals surface area contributed by atoms with E-state index in [1.54, 1.807) is 6.20 Å². The first-order chi connectivity index (χ1) is 12.0. The highest BCUT2D eigenvalue weighted by Crippen LogP contribution is 2.27. The predicted molar refractivity (Wildman–Crippen MR) is 114 cm³/mol. The van der Waals surface area contributed by atoms with Crippen LogP contribution in [-0.2, 0) is 6.54 Å². The fourth-order valence-corrected chi connectivity index (χ4v) is 3.52. The number of piperidine rings is 1. The number of hydrogen-bond acceptors (Lipinski definition) is 3. The second kappa shape index (κ2) is 10.1. The molecule has 1 saturated heterocycles. The van der Waals surface area contributed by atoms with Crippen LogP contribution < -0.4 is 10.6 Å². The van der Waals surface area contributed by atoms with E-state index in [4.69, 9.17) is 0 Å². The number of halogens is 2. The molecule has 0 unspecified atom stereocenters. The van der Waals surface area contributed by atoms with Crippen molar-refractivity contribution in [1.29, 1.82) is 0 Å². The van der Waals surface area contributed by atoms with E-state index < -0.39 is 0 Å². The van der Waals surface area contributed by atoms with Gasteiger partial charge >= 0.3 is 0 Å². The van der Waals surface area contributed by atoms with E-state index in [1.165, 1.54) is 0 Å². The van der Waals surface area contributed by atoms with Crippen LogP contribution in [0.5, 0.6) is 0 Å². The third-order valence-corrected chi connectivity index (χ3v) is 5.35. The number of amides is 1. The largest absolute Gasteiger partial charge is 0.351 e. The van der Waals surface area contributed by atoms with Crippen molar-refractivity contribution in [2.24, 2.45) is 5.41 Å². The molecule has 27 heavy (non-hydrogen) atoms. The zero-order chi connectivity index (χ0) is 17.9. The maximum Gasteiger partial charge on any atom is 0.253 e. The lowest BCUT2D eigenvalue weighted by Crippen LogP contribution is -2.43. The molecule has 2 N–H and O–H groups in total. The molecule has 1 amide bonds. The normalized spacial score (nSPS) is 15.4. The first kappa shape index (κ1) is 23.5. The average Bonchev–Trinajstić information content (AvgIpc) is 2.90. The van der Waals surface area contributed by atoms with Crippen LogP contribution in [0.25, 0.3) is 0 Å². The molecule has 0 aliphatic carbocycles. The van der Waals surface area contributed by atoms with E-state index in [2.05, 4.69) is 27.1 Å². The molecular formula is C20H30Cl2N4O. The summed E-state index contributed by atoms with van der Waals surface area (Å²) in [6.45, 7) is 9.80. The highest BCUT2D eigenvalue weighted by Gasteiger charge is 2.27. The van der Waals surface area contributed by atoms with Crippen molar-refractivity contribution in [3.8, 4) is 0 Å². The van der Waals surface area contributed by atoms with Gasteiger partial charge in [0.25, 0.3) is 5.91 Å². The van der Waals surface area contributed by atoms with Gasteiger partial charge in [-0.25, -0.2) is 0 Å². The Bertz CT molecular complexity index is 740.